The Labute approximate surface area is 96.5 Å². The maximum Gasteiger partial charge on any atom is 0.257 e. The highest BCUT2D eigenvalue weighted by Crippen LogP contribution is 2.09. The van der Waals surface area contributed by atoms with Crippen LogP contribution in [0.3, 0.4) is 0 Å². The fourth-order valence-electron chi connectivity index (χ4n) is 1.10. The number of nitrogens with zero attached hydrogens (tertiary/aromatic N) is 3. The van der Waals surface area contributed by atoms with Crippen LogP contribution in [0.4, 0.5) is 5.82 Å². The molecular formula is C10H7ClN4O. The minimum absolute atomic E-state index is 0.270. The first-order chi connectivity index (χ1) is 7.75. The van der Waals surface area contributed by atoms with E-state index in [2.05, 4.69) is 20.3 Å². The van der Waals surface area contributed by atoms with Gasteiger partial charge in [0.15, 0.2) is 5.82 Å². The predicted octanol–water partition coefficient (Wildman–Crippen LogP) is 1.78. The van der Waals surface area contributed by atoms with Crippen LogP contribution in [0.2, 0.25) is 5.15 Å². The van der Waals surface area contributed by atoms with Gasteiger partial charge in [0.05, 0.1) is 6.20 Å². The number of carbonyl (C=O) groups is 1. The predicted molar refractivity (Wildman–Crippen MR) is 59.2 cm³/mol. The molecule has 0 aromatic carbocycles. The number of rotatable bonds is 2. The lowest BCUT2D eigenvalue weighted by molar-refractivity contribution is 0.102. The van der Waals surface area contributed by atoms with Crippen LogP contribution in [0, 0.1) is 0 Å². The van der Waals surface area contributed by atoms with Crippen LogP contribution < -0.4 is 5.32 Å². The summed E-state index contributed by atoms with van der Waals surface area (Å²) in [5.41, 5.74) is 0.422. The molecule has 0 saturated carbocycles. The van der Waals surface area contributed by atoms with Crippen molar-refractivity contribution in [2.24, 2.45) is 0 Å². The van der Waals surface area contributed by atoms with E-state index in [-0.39, 0.29) is 11.1 Å². The second-order valence-corrected chi connectivity index (χ2v) is 3.30. The van der Waals surface area contributed by atoms with E-state index in [0.29, 0.717) is 11.4 Å². The lowest BCUT2D eigenvalue weighted by Gasteiger charge is -2.03. The first kappa shape index (κ1) is 10.5. The third kappa shape index (κ3) is 2.52. The maximum atomic E-state index is 11.7. The average molecular weight is 235 g/mol. The molecule has 0 atom stereocenters. The van der Waals surface area contributed by atoms with Crippen molar-refractivity contribution in [2.45, 2.75) is 0 Å². The Morgan fingerprint density at radius 1 is 1.25 bits per heavy atom. The van der Waals surface area contributed by atoms with Crippen molar-refractivity contribution in [1.29, 1.82) is 0 Å². The molecule has 0 aliphatic rings. The number of nitrogens with one attached hydrogen (secondary N) is 1. The van der Waals surface area contributed by atoms with Crippen molar-refractivity contribution >= 4 is 23.3 Å². The van der Waals surface area contributed by atoms with Gasteiger partial charge in [-0.1, -0.05) is 11.6 Å². The third-order valence-electron chi connectivity index (χ3n) is 1.79. The van der Waals surface area contributed by atoms with Crippen molar-refractivity contribution in [2.75, 3.05) is 5.32 Å². The van der Waals surface area contributed by atoms with Gasteiger partial charge >= 0.3 is 0 Å². The zero-order valence-corrected chi connectivity index (χ0v) is 8.85. The maximum absolute atomic E-state index is 11.7. The highest BCUT2D eigenvalue weighted by atomic mass is 35.5. The van der Waals surface area contributed by atoms with Gasteiger partial charge in [-0.05, 0) is 12.1 Å². The number of amides is 1. The standard InChI is InChI=1S/C10H7ClN4O/c11-8-5-7(1-2-13-8)10(16)15-9-6-12-3-4-14-9/h1-6H,(H,14,15,16). The molecule has 1 N–H and O–H groups in total. The van der Waals surface area contributed by atoms with Gasteiger partial charge in [-0.3, -0.25) is 9.78 Å². The number of halogens is 1. The monoisotopic (exact) mass is 234 g/mol. The van der Waals surface area contributed by atoms with Crippen LogP contribution in [0.1, 0.15) is 10.4 Å². The van der Waals surface area contributed by atoms with Crippen molar-refractivity contribution in [3.8, 4) is 0 Å². The van der Waals surface area contributed by atoms with Gasteiger partial charge in [0.1, 0.15) is 5.15 Å². The van der Waals surface area contributed by atoms with Gasteiger partial charge in [0.25, 0.3) is 5.91 Å². The highest BCUT2D eigenvalue weighted by molar-refractivity contribution is 6.29. The molecular weight excluding hydrogens is 228 g/mol. The van der Waals surface area contributed by atoms with E-state index >= 15 is 0 Å². The topological polar surface area (TPSA) is 67.8 Å². The van der Waals surface area contributed by atoms with Gasteiger partial charge in [0, 0.05) is 24.2 Å². The molecule has 0 aliphatic carbocycles. The van der Waals surface area contributed by atoms with Gasteiger partial charge < -0.3 is 5.32 Å². The molecule has 1 amide bonds. The zero-order chi connectivity index (χ0) is 11.4. The van der Waals surface area contributed by atoms with E-state index in [1.807, 2.05) is 0 Å². The van der Waals surface area contributed by atoms with E-state index in [1.54, 1.807) is 6.07 Å². The zero-order valence-electron chi connectivity index (χ0n) is 8.09. The lowest BCUT2D eigenvalue weighted by atomic mass is 10.2. The molecule has 0 saturated heterocycles. The second-order valence-electron chi connectivity index (χ2n) is 2.91. The minimum atomic E-state index is -0.301. The second kappa shape index (κ2) is 4.67. The number of aromatic nitrogens is 3. The van der Waals surface area contributed by atoms with E-state index in [1.165, 1.54) is 30.9 Å². The summed E-state index contributed by atoms with van der Waals surface area (Å²) in [4.78, 5) is 23.2. The van der Waals surface area contributed by atoms with Crippen molar-refractivity contribution in [3.63, 3.8) is 0 Å². The molecule has 6 heteroatoms. The molecule has 80 valence electrons. The van der Waals surface area contributed by atoms with Gasteiger partial charge in [-0.15, -0.1) is 0 Å². The summed E-state index contributed by atoms with van der Waals surface area (Å²) in [6, 6.07) is 3.05. The number of carbonyl (C=O) groups excluding carboxylic acids is 1. The van der Waals surface area contributed by atoms with Crippen molar-refractivity contribution < 1.29 is 4.79 Å². The summed E-state index contributed by atoms with van der Waals surface area (Å²) in [6.07, 6.45) is 5.95. The van der Waals surface area contributed by atoms with Gasteiger partial charge in [-0.25, -0.2) is 9.97 Å². The molecule has 2 aromatic heterocycles. The Morgan fingerprint density at radius 2 is 2.12 bits per heavy atom. The normalized spacial score (nSPS) is 9.81. The van der Waals surface area contributed by atoms with Crippen LogP contribution in [0.15, 0.2) is 36.9 Å². The number of anilines is 1. The van der Waals surface area contributed by atoms with E-state index in [0.717, 1.165) is 0 Å². The van der Waals surface area contributed by atoms with Crippen LogP contribution in [0.5, 0.6) is 0 Å². The molecule has 2 aromatic rings. The molecule has 5 nitrogen and oxygen atoms in total. The largest absolute Gasteiger partial charge is 0.305 e. The number of pyridine rings is 1. The summed E-state index contributed by atoms with van der Waals surface area (Å²) in [6.45, 7) is 0. The van der Waals surface area contributed by atoms with Crippen molar-refractivity contribution in [1.82, 2.24) is 15.0 Å². The summed E-state index contributed by atoms with van der Waals surface area (Å²) >= 11 is 5.67. The smallest absolute Gasteiger partial charge is 0.257 e. The molecule has 0 aliphatic heterocycles. The SMILES string of the molecule is O=C(Nc1cnccn1)c1ccnc(Cl)c1. The molecule has 0 spiro atoms. The quantitative estimate of drug-likeness (QED) is 0.805. The van der Waals surface area contributed by atoms with Crippen LogP contribution >= 0.6 is 11.6 Å². The highest BCUT2D eigenvalue weighted by Gasteiger charge is 2.07. The van der Waals surface area contributed by atoms with Crippen molar-refractivity contribution in [3.05, 3.63) is 47.6 Å². The number of hydrogen-bond acceptors (Lipinski definition) is 4. The Kier molecular flexibility index (Phi) is 3.07. The third-order valence-corrected chi connectivity index (χ3v) is 2.00. The van der Waals surface area contributed by atoms with E-state index in [9.17, 15) is 4.79 Å². The fraction of sp³-hybridized carbons (Fsp3) is 0. The lowest BCUT2D eigenvalue weighted by Crippen LogP contribution is -2.13. The van der Waals surface area contributed by atoms with E-state index < -0.39 is 0 Å². The molecule has 2 rings (SSSR count). The van der Waals surface area contributed by atoms with Crippen LogP contribution in [-0.2, 0) is 0 Å². The molecule has 0 unspecified atom stereocenters. The summed E-state index contributed by atoms with van der Waals surface area (Å²) < 4.78 is 0. The Hall–Kier alpha value is -2.01. The Morgan fingerprint density at radius 3 is 2.81 bits per heavy atom. The minimum Gasteiger partial charge on any atom is -0.305 e. The van der Waals surface area contributed by atoms with Gasteiger partial charge in [-0.2, -0.15) is 0 Å². The molecule has 0 bridgehead atoms. The first-order valence-electron chi connectivity index (χ1n) is 4.44. The molecule has 0 fully saturated rings. The van der Waals surface area contributed by atoms with Crippen LogP contribution in [0.25, 0.3) is 0 Å². The van der Waals surface area contributed by atoms with Crippen LogP contribution in [-0.4, -0.2) is 20.9 Å². The average Bonchev–Trinajstić information content (AvgIpc) is 2.30. The first-order valence-corrected chi connectivity index (χ1v) is 4.82. The molecule has 0 radical (unpaired) electrons. The molecule has 16 heavy (non-hydrogen) atoms. The number of hydrogen-bond donors (Lipinski definition) is 1. The molecule has 2 heterocycles. The van der Waals surface area contributed by atoms with E-state index in [4.69, 9.17) is 11.6 Å². The van der Waals surface area contributed by atoms with Gasteiger partial charge in [0.2, 0.25) is 0 Å². The summed E-state index contributed by atoms with van der Waals surface area (Å²) in [7, 11) is 0. The Bertz CT molecular complexity index is 503. The summed E-state index contributed by atoms with van der Waals surface area (Å²) in [5.74, 6) is 0.0882. The Balaban J connectivity index is 2.15. The fourth-order valence-corrected chi connectivity index (χ4v) is 1.27. The summed E-state index contributed by atoms with van der Waals surface area (Å²) in [5, 5.41) is 2.86.